The summed E-state index contributed by atoms with van der Waals surface area (Å²) < 4.78 is 5.78. The van der Waals surface area contributed by atoms with E-state index in [4.69, 9.17) is 16.3 Å². The molecule has 0 amide bonds. The fourth-order valence-corrected chi connectivity index (χ4v) is 2.09. The van der Waals surface area contributed by atoms with Gasteiger partial charge in [0.05, 0.1) is 0 Å². The molecule has 1 aromatic carbocycles. The van der Waals surface area contributed by atoms with Gasteiger partial charge in [0.25, 0.3) is 0 Å². The van der Waals surface area contributed by atoms with Gasteiger partial charge in [-0.2, -0.15) is 0 Å². The summed E-state index contributed by atoms with van der Waals surface area (Å²) in [7, 11) is 0. The van der Waals surface area contributed by atoms with E-state index in [9.17, 15) is 4.79 Å². The number of carbonyl (C=O) groups excluding carboxylic acids is 1. The number of ketones is 1. The first kappa shape index (κ1) is 11.5. The van der Waals surface area contributed by atoms with Crippen LogP contribution in [0, 0.1) is 6.92 Å². The first-order valence-electron chi connectivity index (χ1n) is 5.59. The van der Waals surface area contributed by atoms with Crippen LogP contribution < -0.4 is 4.74 Å². The summed E-state index contributed by atoms with van der Waals surface area (Å²) in [4.78, 5) is 11.3. The van der Waals surface area contributed by atoms with Crippen LogP contribution >= 0.6 is 11.6 Å². The SMILES string of the molecule is Cc1cc(OC2CCCC(=O)C2)ccc1Cl. The van der Waals surface area contributed by atoms with Crippen LogP contribution in [-0.2, 0) is 4.79 Å². The van der Waals surface area contributed by atoms with Crippen molar-refractivity contribution in [2.24, 2.45) is 0 Å². The predicted octanol–water partition coefficient (Wildman–Crippen LogP) is 3.54. The molecule has 0 radical (unpaired) electrons. The molecule has 0 bridgehead atoms. The third kappa shape index (κ3) is 2.76. The maximum atomic E-state index is 11.3. The van der Waals surface area contributed by atoms with Crippen LogP contribution in [0.3, 0.4) is 0 Å². The summed E-state index contributed by atoms with van der Waals surface area (Å²) >= 11 is 5.94. The zero-order valence-electron chi connectivity index (χ0n) is 9.33. The highest BCUT2D eigenvalue weighted by Gasteiger charge is 2.20. The van der Waals surface area contributed by atoms with Gasteiger partial charge in [-0.05, 0) is 43.5 Å². The van der Waals surface area contributed by atoms with Gasteiger partial charge in [-0.25, -0.2) is 0 Å². The fraction of sp³-hybridized carbons (Fsp3) is 0.462. The van der Waals surface area contributed by atoms with Crippen molar-refractivity contribution in [3.8, 4) is 5.75 Å². The Bertz CT molecular complexity index is 401. The topological polar surface area (TPSA) is 26.3 Å². The predicted molar refractivity (Wildman–Crippen MR) is 64.1 cm³/mol. The average Bonchev–Trinajstić information content (AvgIpc) is 2.24. The summed E-state index contributed by atoms with van der Waals surface area (Å²) in [5, 5.41) is 0.743. The van der Waals surface area contributed by atoms with Crippen LogP contribution in [0.2, 0.25) is 5.02 Å². The molecule has 1 atom stereocenters. The number of Topliss-reactive ketones (excluding diaryl/α,β-unsaturated/α-hetero) is 1. The normalized spacial score (nSPS) is 20.9. The summed E-state index contributed by atoms with van der Waals surface area (Å²) in [6, 6.07) is 5.60. The number of hydrogen-bond acceptors (Lipinski definition) is 2. The molecule has 0 N–H and O–H groups in total. The van der Waals surface area contributed by atoms with Gasteiger partial charge in [-0.1, -0.05) is 11.6 Å². The Kier molecular flexibility index (Phi) is 3.49. The van der Waals surface area contributed by atoms with Crippen LogP contribution in [-0.4, -0.2) is 11.9 Å². The molecule has 1 saturated carbocycles. The molecule has 1 aliphatic carbocycles. The summed E-state index contributed by atoms with van der Waals surface area (Å²) in [6.07, 6.45) is 3.20. The molecule has 16 heavy (non-hydrogen) atoms. The molecular weight excluding hydrogens is 224 g/mol. The second-order valence-electron chi connectivity index (χ2n) is 4.29. The fourth-order valence-electron chi connectivity index (χ4n) is 1.97. The van der Waals surface area contributed by atoms with Crippen LogP contribution in [0.5, 0.6) is 5.75 Å². The lowest BCUT2D eigenvalue weighted by molar-refractivity contribution is -0.122. The van der Waals surface area contributed by atoms with Crippen molar-refractivity contribution in [3.05, 3.63) is 28.8 Å². The van der Waals surface area contributed by atoms with E-state index in [1.54, 1.807) is 0 Å². The van der Waals surface area contributed by atoms with E-state index in [-0.39, 0.29) is 6.10 Å². The number of hydrogen-bond donors (Lipinski definition) is 0. The van der Waals surface area contributed by atoms with E-state index < -0.39 is 0 Å². The van der Waals surface area contributed by atoms with Crippen LogP contribution in [0.15, 0.2) is 18.2 Å². The van der Waals surface area contributed by atoms with Crippen molar-refractivity contribution in [3.63, 3.8) is 0 Å². The number of ether oxygens (including phenoxy) is 1. The number of carbonyl (C=O) groups is 1. The number of aryl methyl sites for hydroxylation is 1. The molecule has 0 aromatic heterocycles. The zero-order valence-corrected chi connectivity index (χ0v) is 10.1. The highest BCUT2D eigenvalue weighted by atomic mass is 35.5. The first-order chi connectivity index (χ1) is 7.65. The maximum absolute atomic E-state index is 11.3. The molecule has 1 fully saturated rings. The first-order valence-corrected chi connectivity index (χ1v) is 5.97. The van der Waals surface area contributed by atoms with Crippen molar-refractivity contribution < 1.29 is 9.53 Å². The minimum atomic E-state index is 0.0434. The van der Waals surface area contributed by atoms with E-state index in [2.05, 4.69) is 0 Å². The Morgan fingerprint density at radius 3 is 2.94 bits per heavy atom. The van der Waals surface area contributed by atoms with E-state index in [1.165, 1.54) is 0 Å². The average molecular weight is 239 g/mol. The van der Waals surface area contributed by atoms with Gasteiger partial charge in [0.1, 0.15) is 17.6 Å². The van der Waals surface area contributed by atoms with E-state index in [0.717, 1.165) is 29.2 Å². The van der Waals surface area contributed by atoms with Crippen molar-refractivity contribution in [1.29, 1.82) is 0 Å². The van der Waals surface area contributed by atoms with Gasteiger partial charge in [-0.3, -0.25) is 4.79 Å². The van der Waals surface area contributed by atoms with Crippen molar-refractivity contribution in [2.45, 2.75) is 38.7 Å². The molecule has 0 aliphatic heterocycles. The van der Waals surface area contributed by atoms with E-state index in [0.29, 0.717) is 18.6 Å². The highest BCUT2D eigenvalue weighted by molar-refractivity contribution is 6.31. The quantitative estimate of drug-likeness (QED) is 0.788. The Hall–Kier alpha value is -1.02. The van der Waals surface area contributed by atoms with Crippen molar-refractivity contribution in [2.75, 3.05) is 0 Å². The van der Waals surface area contributed by atoms with Crippen molar-refractivity contribution >= 4 is 17.4 Å². The summed E-state index contributed by atoms with van der Waals surface area (Å²) in [5.74, 6) is 1.11. The second-order valence-corrected chi connectivity index (χ2v) is 4.69. The molecule has 3 heteroatoms. The van der Waals surface area contributed by atoms with Gasteiger partial charge in [0.15, 0.2) is 0 Å². The molecule has 2 nitrogen and oxygen atoms in total. The van der Waals surface area contributed by atoms with E-state index >= 15 is 0 Å². The third-order valence-corrected chi connectivity index (χ3v) is 3.29. The van der Waals surface area contributed by atoms with Crippen LogP contribution in [0.1, 0.15) is 31.2 Å². The lowest BCUT2D eigenvalue weighted by atomic mass is 9.96. The summed E-state index contributed by atoms with van der Waals surface area (Å²) in [5.41, 5.74) is 1.00. The van der Waals surface area contributed by atoms with Crippen LogP contribution in [0.25, 0.3) is 0 Å². The molecule has 1 aromatic rings. The minimum absolute atomic E-state index is 0.0434. The zero-order chi connectivity index (χ0) is 11.5. The molecule has 1 aliphatic rings. The molecule has 86 valence electrons. The number of rotatable bonds is 2. The second kappa shape index (κ2) is 4.88. The Morgan fingerprint density at radius 1 is 1.44 bits per heavy atom. The Morgan fingerprint density at radius 2 is 2.25 bits per heavy atom. The third-order valence-electron chi connectivity index (χ3n) is 2.87. The molecule has 1 unspecified atom stereocenters. The van der Waals surface area contributed by atoms with Crippen LogP contribution in [0.4, 0.5) is 0 Å². The van der Waals surface area contributed by atoms with Gasteiger partial charge in [0, 0.05) is 17.9 Å². The van der Waals surface area contributed by atoms with Gasteiger partial charge in [-0.15, -0.1) is 0 Å². The molecule has 2 rings (SSSR count). The monoisotopic (exact) mass is 238 g/mol. The molecule has 0 spiro atoms. The minimum Gasteiger partial charge on any atom is -0.490 e. The lowest BCUT2D eigenvalue weighted by Crippen LogP contribution is -2.25. The Balaban J connectivity index is 2.03. The standard InChI is InChI=1S/C13H15ClO2/c1-9-7-12(5-6-13(9)14)16-11-4-2-3-10(15)8-11/h5-7,11H,2-4,8H2,1H3. The highest BCUT2D eigenvalue weighted by Crippen LogP contribution is 2.25. The number of halogens is 1. The Labute approximate surface area is 101 Å². The smallest absolute Gasteiger partial charge is 0.136 e. The maximum Gasteiger partial charge on any atom is 0.136 e. The molecule has 0 saturated heterocycles. The van der Waals surface area contributed by atoms with Gasteiger partial charge in [0.2, 0.25) is 0 Å². The van der Waals surface area contributed by atoms with Gasteiger partial charge >= 0.3 is 0 Å². The molecule has 0 heterocycles. The molecular formula is C13H15ClO2. The van der Waals surface area contributed by atoms with E-state index in [1.807, 2.05) is 25.1 Å². The van der Waals surface area contributed by atoms with Crippen molar-refractivity contribution in [1.82, 2.24) is 0 Å². The lowest BCUT2D eigenvalue weighted by Gasteiger charge is -2.22. The summed E-state index contributed by atoms with van der Waals surface area (Å²) in [6.45, 7) is 1.95. The largest absolute Gasteiger partial charge is 0.490 e. The van der Waals surface area contributed by atoms with Gasteiger partial charge < -0.3 is 4.74 Å². The number of benzene rings is 1.